The van der Waals surface area contributed by atoms with Crippen molar-refractivity contribution in [2.75, 3.05) is 7.05 Å². The maximum atomic E-state index is 11.1. The van der Waals surface area contributed by atoms with Crippen molar-refractivity contribution >= 4 is 11.9 Å². The lowest BCUT2D eigenvalue weighted by molar-refractivity contribution is 0.1000. The average molecular weight is 246 g/mol. The van der Waals surface area contributed by atoms with Crippen LogP contribution < -0.4 is 11.5 Å². The Morgan fingerprint density at radius 1 is 1.44 bits per heavy atom. The number of hydrogen-bond acceptors (Lipinski definition) is 2. The summed E-state index contributed by atoms with van der Waals surface area (Å²) in [5.74, 6) is 0.117. The Kier molecular flexibility index (Phi) is 3.50. The average Bonchev–Trinajstić information content (AvgIpc) is 3.19. The third-order valence-corrected chi connectivity index (χ3v) is 3.09. The number of nitrogens with two attached hydrogens (primary N) is 2. The van der Waals surface area contributed by atoms with Crippen LogP contribution in [0.2, 0.25) is 0 Å². The quantitative estimate of drug-likeness (QED) is 0.605. The van der Waals surface area contributed by atoms with Crippen LogP contribution >= 0.6 is 0 Å². The largest absolute Gasteiger partial charge is 0.370 e. The minimum Gasteiger partial charge on any atom is -0.370 e. The van der Waals surface area contributed by atoms with Crippen LogP contribution in [-0.2, 0) is 6.54 Å². The molecule has 0 heterocycles. The van der Waals surface area contributed by atoms with Gasteiger partial charge in [-0.05, 0) is 30.5 Å². The fourth-order valence-electron chi connectivity index (χ4n) is 1.76. The monoisotopic (exact) mass is 246 g/mol. The fraction of sp³-hybridized carbons (Fsp3) is 0.385. The van der Waals surface area contributed by atoms with Crippen molar-refractivity contribution in [3.8, 4) is 0 Å². The van der Waals surface area contributed by atoms with Gasteiger partial charge in [0.25, 0.3) is 0 Å². The molecule has 1 saturated carbocycles. The van der Waals surface area contributed by atoms with Crippen LogP contribution in [0.1, 0.15) is 28.8 Å². The molecule has 1 aromatic rings. The summed E-state index contributed by atoms with van der Waals surface area (Å²) in [6.45, 7) is 0.462. The van der Waals surface area contributed by atoms with Crippen LogP contribution in [0, 0.1) is 0 Å². The molecule has 1 fully saturated rings. The molecular weight excluding hydrogens is 228 g/mol. The highest BCUT2D eigenvalue weighted by atomic mass is 16.1. The number of carbonyl (C=O) groups excluding carboxylic acids is 1. The van der Waals surface area contributed by atoms with Crippen molar-refractivity contribution in [3.05, 3.63) is 35.4 Å². The van der Waals surface area contributed by atoms with E-state index in [4.69, 9.17) is 11.5 Å². The highest BCUT2D eigenvalue weighted by Crippen LogP contribution is 2.24. The molecule has 1 amide bonds. The van der Waals surface area contributed by atoms with Gasteiger partial charge in [-0.15, -0.1) is 0 Å². The molecule has 96 valence electrons. The van der Waals surface area contributed by atoms with Crippen LogP contribution in [0.3, 0.4) is 0 Å². The van der Waals surface area contributed by atoms with Crippen LogP contribution in [0.15, 0.2) is 29.3 Å². The second kappa shape index (κ2) is 5.08. The van der Waals surface area contributed by atoms with Crippen LogP contribution in [-0.4, -0.2) is 29.9 Å². The van der Waals surface area contributed by atoms with Gasteiger partial charge in [0, 0.05) is 18.7 Å². The van der Waals surface area contributed by atoms with E-state index in [9.17, 15) is 4.79 Å². The Bertz CT molecular complexity index is 480. The maximum absolute atomic E-state index is 11.1. The van der Waals surface area contributed by atoms with Gasteiger partial charge >= 0.3 is 0 Å². The number of benzene rings is 1. The SMILES string of the molecule is CN(C(N)=NCc1cccc(C(N)=O)c1)C1CC1. The van der Waals surface area contributed by atoms with E-state index in [1.807, 2.05) is 18.0 Å². The lowest BCUT2D eigenvalue weighted by Gasteiger charge is -2.16. The first-order valence-corrected chi connectivity index (χ1v) is 5.99. The molecule has 0 atom stereocenters. The zero-order valence-electron chi connectivity index (χ0n) is 10.5. The van der Waals surface area contributed by atoms with E-state index in [2.05, 4.69) is 4.99 Å². The minimum absolute atomic E-state index is 0.427. The van der Waals surface area contributed by atoms with Gasteiger partial charge in [-0.2, -0.15) is 0 Å². The Labute approximate surface area is 106 Å². The minimum atomic E-state index is -0.427. The first kappa shape index (κ1) is 12.4. The highest BCUT2D eigenvalue weighted by molar-refractivity contribution is 5.92. The Morgan fingerprint density at radius 3 is 2.78 bits per heavy atom. The van der Waals surface area contributed by atoms with Gasteiger partial charge in [-0.25, -0.2) is 4.99 Å². The molecule has 1 aliphatic carbocycles. The van der Waals surface area contributed by atoms with Crippen molar-refractivity contribution in [3.63, 3.8) is 0 Å². The van der Waals surface area contributed by atoms with Gasteiger partial charge in [-0.1, -0.05) is 12.1 Å². The van der Waals surface area contributed by atoms with E-state index in [0.29, 0.717) is 24.1 Å². The molecule has 0 spiro atoms. The molecule has 0 unspecified atom stereocenters. The number of amides is 1. The summed E-state index contributed by atoms with van der Waals surface area (Å²) in [6, 6.07) is 7.68. The molecule has 0 saturated heterocycles. The smallest absolute Gasteiger partial charge is 0.248 e. The molecule has 0 aromatic heterocycles. The van der Waals surface area contributed by atoms with E-state index >= 15 is 0 Å². The van der Waals surface area contributed by atoms with Crippen molar-refractivity contribution < 1.29 is 4.79 Å². The van der Waals surface area contributed by atoms with Gasteiger partial charge in [-0.3, -0.25) is 4.79 Å². The normalized spacial score (nSPS) is 15.5. The highest BCUT2D eigenvalue weighted by Gasteiger charge is 2.27. The summed E-state index contributed by atoms with van der Waals surface area (Å²) in [4.78, 5) is 17.4. The standard InChI is InChI=1S/C13H18N4O/c1-17(11-5-6-11)13(15)16-8-9-3-2-4-10(7-9)12(14)18/h2-4,7,11H,5-6,8H2,1H3,(H2,14,18)(H2,15,16). The molecule has 5 heteroatoms. The van der Waals surface area contributed by atoms with Gasteiger partial charge in [0.05, 0.1) is 6.54 Å². The molecule has 0 bridgehead atoms. The molecule has 2 rings (SSSR count). The number of carbonyl (C=O) groups is 1. The number of hydrogen-bond donors (Lipinski definition) is 2. The van der Waals surface area contributed by atoms with Gasteiger partial charge < -0.3 is 16.4 Å². The number of aliphatic imine (C=N–C) groups is 1. The molecule has 4 N–H and O–H groups in total. The molecule has 5 nitrogen and oxygen atoms in total. The molecule has 1 aliphatic rings. The van der Waals surface area contributed by atoms with Crippen LogP contribution in [0.25, 0.3) is 0 Å². The van der Waals surface area contributed by atoms with Crippen LogP contribution in [0.5, 0.6) is 0 Å². The fourth-order valence-corrected chi connectivity index (χ4v) is 1.76. The van der Waals surface area contributed by atoms with Crippen molar-refractivity contribution in [1.82, 2.24) is 4.90 Å². The van der Waals surface area contributed by atoms with E-state index in [1.54, 1.807) is 18.2 Å². The number of guanidine groups is 1. The summed E-state index contributed by atoms with van der Waals surface area (Å²) in [7, 11) is 1.95. The van der Waals surface area contributed by atoms with Gasteiger partial charge in [0.15, 0.2) is 5.96 Å². The second-order valence-electron chi connectivity index (χ2n) is 4.58. The number of nitrogens with zero attached hydrogens (tertiary/aromatic N) is 2. The van der Waals surface area contributed by atoms with E-state index < -0.39 is 5.91 Å². The van der Waals surface area contributed by atoms with Gasteiger partial charge in [0.2, 0.25) is 5.91 Å². The Morgan fingerprint density at radius 2 is 2.17 bits per heavy atom. The summed E-state index contributed by atoms with van der Waals surface area (Å²) < 4.78 is 0. The topological polar surface area (TPSA) is 84.7 Å². The van der Waals surface area contributed by atoms with E-state index in [1.165, 1.54) is 12.8 Å². The number of rotatable bonds is 4. The first-order valence-electron chi connectivity index (χ1n) is 5.99. The molecule has 0 aliphatic heterocycles. The molecule has 0 radical (unpaired) electrons. The predicted molar refractivity (Wildman–Crippen MR) is 71.1 cm³/mol. The van der Waals surface area contributed by atoms with Crippen molar-refractivity contribution in [2.45, 2.75) is 25.4 Å². The molecule has 18 heavy (non-hydrogen) atoms. The second-order valence-corrected chi connectivity index (χ2v) is 4.58. The zero-order chi connectivity index (χ0) is 13.1. The molecular formula is C13H18N4O. The van der Waals surface area contributed by atoms with Crippen molar-refractivity contribution in [2.24, 2.45) is 16.5 Å². The maximum Gasteiger partial charge on any atom is 0.248 e. The Hall–Kier alpha value is -2.04. The zero-order valence-corrected chi connectivity index (χ0v) is 10.5. The lowest BCUT2D eigenvalue weighted by Crippen LogP contribution is -2.35. The Balaban J connectivity index is 2.02. The molecule has 1 aromatic carbocycles. The summed E-state index contributed by atoms with van der Waals surface area (Å²) in [5, 5.41) is 0. The third-order valence-electron chi connectivity index (χ3n) is 3.09. The number of primary amides is 1. The first-order chi connectivity index (χ1) is 8.58. The van der Waals surface area contributed by atoms with Gasteiger partial charge in [0.1, 0.15) is 0 Å². The van der Waals surface area contributed by atoms with Crippen molar-refractivity contribution in [1.29, 1.82) is 0 Å². The van der Waals surface area contributed by atoms with E-state index in [-0.39, 0.29) is 0 Å². The predicted octanol–water partition coefficient (Wildman–Crippen LogP) is 0.694. The summed E-state index contributed by atoms with van der Waals surface area (Å²) >= 11 is 0. The van der Waals surface area contributed by atoms with Crippen LogP contribution in [0.4, 0.5) is 0 Å². The van der Waals surface area contributed by atoms with E-state index in [0.717, 1.165) is 5.56 Å². The summed E-state index contributed by atoms with van der Waals surface area (Å²) in [6.07, 6.45) is 2.37. The third kappa shape index (κ3) is 3.00. The lowest BCUT2D eigenvalue weighted by atomic mass is 10.1. The summed E-state index contributed by atoms with van der Waals surface area (Å²) in [5.41, 5.74) is 12.5.